The normalized spacial score (nSPS) is 10.3. The average molecular weight is 365 g/mol. The lowest BCUT2D eigenvalue weighted by Gasteiger charge is -2.12. The quantitative estimate of drug-likeness (QED) is 0.612. The van der Waals surface area contributed by atoms with Gasteiger partial charge in [0.15, 0.2) is 11.4 Å². The minimum atomic E-state index is -0.722. The summed E-state index contributed by atoms with van der Waals surface area (Å²) in [6.07, 6.45) is 1.33. The van der Waals surface area contributed by atoms with E-state index in [-0.39, 0.29) is 11.4 Å². The van der Waals surface area contributed by atoms with Crippen molar-refractivity contribution >= 4 is 17.5 Å². The van der Waals surface area contributed by atoms with Gasteiger partial charge in [-0.15, -0.1) is 0 Å². The van der Waals surface area contributed by atoms with Crippen molar-refractivity contribution in [3.05, 3.63) is 72.1 Å². The van der Waals surface area contributed by atoms with E-state index in [1.165, 1.54) is 10.9 Å². The first-order chi connectivity index (χ1) is 13.0. The lowest BCUT2D eigenvalue weighted by Crippen LogP contribution is -2.41. The molecule has 3 N–H and O–H groups in total. The molecule has 8 nitrogen and oxygen atoms in total. The van der Waals surface area contributed by atoms with E-state index in [0.29, 0.717) is 11.3 Å². The molecule has 0 aliphatic heterocycles. The van der Waals surface area contributed by atoms with Crippen LogP contribution in [0.1, 0.15) is 20.8 Å². The van der Waals surface area contributed by atoms with Crippen molar-refractivity contribution in [1.82, 2.24) is 20.6 Å². The van der Waals surface area contributed by atoms with Crippen LogP contribution in [-0.2, 0) is 0 Å². The molecule has 0 radical (unpaired) electrons. The number of hydrogen-bond acceptors (Lipinski definition) is 5. The second kappa shape index (κ2) is 7.61. The van der Waals surface area contributed by atoms with Crippen molar-refractivity contribution in [2.24, 2.45) is 0 Å². The molecule has 2 amide bonds. The number of rotatable bonds is 4. The molecule has 2 aromatic carbocycles. The zero-order chi connectivity index (χ0) is 19.4. The first-order valence-corrected chi connectivity index (χ1v) is 8.18. The first kappa shape index (κ1) is 18.0. The summed E-state index contributed by atoms with van der Waals surface area (Å²) in [6.45, 7) is 0. The van der Waals surface area contributed by atoms with Gasteiger partial charge in [0, 0.05) is 25.3 Å². The fourth-order valence-corrected chi connectivity index (χ4v) is 2.40. The third-order valence-electron chi connectivity index (χ3n) is 3.87. The molecular formula is C19H19N5O3. The number of para-hydroxylation sites is 1. The summed E-state index contributed by atoms with van der Waals surface area (Å²) in [6, 6.07) is 15.9. The molecule has 8 heteroatoms. The van der Waals surface area contributed by atoms with Gasteiger partial charge in [-0.1, -0.05) is 18.2 Å². The molecule has 0 atom stereocenters. The molecule has 3 rings (SSSR count). The number of nitrogens with one attached hydrogen (secondary N) is 2. The summed E-state index contributed by atoms with van der Waals surface area (Å²) < 4.78 is 1.38. The van der Waals surface area contributed by atoms with Crippen molar-refractivity contribution in [3.63, 3.8) is 0 Å². The Morgan fingerprint density at radius 2 is 1.59 bits per heavy atom. The van der Waals surface area contributed by atoms with Gasteiger partial charge in [-0.3, -0.25) is 20.4 Å². The Balaban J connectivity index is 1.65. The van der Waals surface area contributed by atoms with Gasteiger partial charge in [0.2, 0.25) is 0 Å². The second-order valence-electron chi connectivity index (χ2n) is 5.99. The van der Waals surface area contributed by atoms with E-state index in [2.05, 4.69) is 16.0 Å². The topological polar surface area (TPSA) is 99.5 Å². The van der Waals surface area contributed by atoms with Crippen LogP contribution in [0.2, 0.25) is 0 Å². The highest BCUT2D eigenvalue weighted by atomic mass is 16.3. The fraction of sp³-hybridized carbons (Fsp3) is 0.105. The summed E-state index contributed by atoms with van der Waals surface area (Å²) in [7, 11) is 3.80. The maximum atomic E-state index is 12.2. The van der Waals surface area contributed by atoms with Crippen LogP contribution in [0.25, 0.3) is 5.69 Å². The number of nitrogens with zero attached hydrogens (tertiary/aromatic N) is 3. The highest BCUT2D eigenvalue weighted by Gasteiger charge is 2.18. The molecule has 0 saturated carbocycles. The number of carbonyl (C=O) groups is 2. The lowest BCUT2D eigenvalue weighted by molar-refractivity contribution is 0.0842. The minimum Gasteiger partial charge on any atom is -0.504 e. The van der Waals surface area contributed by atoms with Crippen molar-refractivity contribution in [3.8, 4) is 11.4 Å². The summed E-state index contributed by atoms with van der Waals surface area (Å²) in [5.41, 5.74) is 6.40. The number of benzene rings is 2. The molecule has 1 heterocycles. The van der Waals surface area contributed by atoms with Crippen LogP contribution < -0.4 is 15.8 Å². The standard InChI is InChI=1S/C19H19N5O3/c1-23(2)14-10-8-13(9-11-14)18(26)20-21-19(27)17-16(25)12-24(22-17)15-6-4-3-5-7-15/h3-12,25H,1-2H3,(H,20,26)(H,21,27). The van der Waals surface area contributed by atoms with Gasteiger partial charge in [-0.05, 0) is 36.4 Å². The number of hydrogen-bond donors (Lipinski definition) is 3. The highest BCUT2D eigenvalue weighted by Crippen LogP contribution is 2.17. The van der Waals surface area contributed by atoms with E-state index in [9.17, 15) is 14.7 Å². The van der Waals surface area contributed by atoms with E-state index in [1.54, 1.807) is 36.4 Å². The van der Waals surface area contributed by atoms with Crippen LogP contribution >= 0.6 is 0 Å². The van der Waals surface area contributed by atoms with Gasteiger partial charge >= 0.3 is 0 Å². The molecule has 0 bridgehead atoms. The van der Waals surface area contributed by atoms with E-state index in [4.69, 9.17) is 0 Å². The molecule has 27 heavy (non-hydrogen) atoms. The minimum absolute atomic E-state index is 0.192. The van der Waals surface area contributed by atoms with E-state index in [0.717, 1.165) is 5.69 Å². The smallest absolute Gasteiger partial charge is 0.294 e. The molecule has 0 saturated heterocycles. The summed E-state index contributed by atoms with van der Waals surface area (Å²) in [4.78, 5) is 26.3. The van der Waals surface area contributed by atoms with E-state index in [1.807, 2.05) is 37.2 Å². The summed E-state index contributed by atoms with van der Waals surface area (Å²) in [5, 5.41) is 14.0. The Hall–Kier alpha value is -3.81. The zero-order valence-corrected chi connectivity index (χ0v) is 14.9. The number of hydrazine groups is 1. The van der Waals surface area contributed by atoms with Gasteiger partial charge in [0.05, 0.1) is 11.9 Å². The molecule has 0 fully saturated rings. The van der Waals surface area contributed by atoms with Gasteiger partial charge in [0.25, 0.3) is 11.8 Å². The molecular weight excluding hydrogens is 346 g/mol. The van der Waals surface area contributed by atoms with E-state index < -0.39 is 11.8 Å². The first-order valence-electron chi connectivity index (χ1n) is 8.18. The van der Waals surface area contributed by atoms with E-state index >= 15 is 0 Å². The number of amides is 2. The van der Waals surface area contributed by atoms with Crippen molar-refractivity contribution in [2.75, 3.05) is 19.0 Å². The van der Waals surface area contributed by atoms with Crippen LogP contribution in [0, 0.1) is 0 Å². The Morgan fingerprint density at radius 1 is 0.963 bits per heavy atom. The molecule has 3 aromatic rings. The van der Waals surface area contributed by atoms with Gasteiger partial charge in [-0.25, -0.2) is 4.68 Å². The van der Waals surface area contributed by atoms with Crippen molar-refractivity contribution < 1.29 is 14.7 Å². The Bertz CT molecular complexity index is 949. The Labute approximate surface area is 156 Å². The van der Waals surface area contributed by atoms with Crippen molar-refractivity contribution in [2.45, 2.75) is 0 Å². The molecule has 1 aromatic heterocycles. The monoisotopic (exact) mass is 365 g/mol. The van der Waals surface area contributed by atoms with Crippen LogP contribution in [0.4, 0.5) is 5.69 Å². The zero-order valence-electron chi connectivity index (χ0n) is 14.9. The third kappa shape index (κ3) is 4.06. The third-order valence-corrected chi connectivity index (χ3v) is 3.87. The summed E-state index contributed by atoms with van der Waals surface area (Å²) >= 11 is 0. The number of aromatic nitrogens is 2. The maximum Gasteiger partial charge on any atom is 0.294 e. The van der Waals surface area contributed by atoms with Crippen LogP contribution in [0.15, 0.2) is 60.8 Å². The van der Waals surface area contributed by atoms with Crippen LogP contribution in [-0.4, -0.2) is 40.8 Å². The predicted octanol–water partition coefficient (Wildman–Crippen LogP) is 1.72. The van der Waals surface area contributed by atoms with Gasteiger partial charge < -0.3 is 10.0 Å². The lowest BCUT2D eigenvalue weighted by atomic mass is 10.2. The molecule has 0 unspecified atom stereocenters. The molecule has 0 aliphatic rings. The maximum absolute atomic E-state index is 12.2. The SMILES string of the molecule is CN(C)c1ccc(C(=O)NNC(=O)c2nn(-c3ccccc3)cc2O)cc1. The Kier molecular flexibility index (Phi) is 5.07. The van der Waals surface area contributed by atoms with Crippen LogP contribution in [0.3, 0.4) is 0 Å². The molecule has 0 spiro atoms. The fourth-order valence-electron chi connectivity index (χ4n) is 2.40. The molecule has 138 valence electrons. The predicted molar refractivity (Wildman–Crippen MR) is 101 cm³/mol. The van der Waals surface area contributed by atoms with Gasteiger partial charge in [-0.2, -0.15) is 5.10 Å². The highest BCUT2D eigenvalue weighted by molar-refractivity contribution is 5.99. The van der Waals surface area contributed by atoms with Gasteiger partial charge in [0.1, 0.15) is 0 Å². The Morgan fingerprint density at radius 3 is 2.22 bits per heavy atom. The van der Waals surface area contributed by atoms with Crippen molar-refractivity contribution in [1.29, 1.82) is 0 Å². The largest absolute Gasteiger partial charge is 0.504 e. The average Bonchev–Trinajstić information content (AvgIpc) is 3.08. The number of anilines is 1. The number of carbonyl (C=O) groups excluding carboxylic acids is 2. The molecule has 0 aliphatic carbocycles. The summed E-state index contributed by atoms with van der Waals surface area (Å²) in [5.74, 6) is -1.49. The number of aromatic hydroxyl groups is 1. The van der Waals surface area contributed by atoms with Crippen LogP contribution in [0.5, 0.6) is 5.75 Å². The second-order valence-corrected chi connectivity index (χ2v) is 5.99.